The summed E-state index contributed by atoms with van der Waals surface area (Å²) in [6.07, 6.45) is 0. The molecule has 0 fully saturated rings. The summed E-state index contributed by atoms with van der Waals surface area (Å²) in [4.78, 5) is 11.7. The van der Waals surface area contributed by atoms with Crippen molar-refractivity contribution in [3.63, 3.8) is 0 Å². The molecule has 4 heteroatoms. The summed E-state index contributed by atoms with van der Waals surface area (Å²) >= 11 is 0. The van der Waals surface area contributed by atoms with E-state index >= 15 is 0 Å². The molecule has 0 bridgehead atoms. The monoisotopic (exact) mass is 176 g/mol. The van der Waals surface area contributed by atoms with E-state index in [9.17, 15) is 0 Å². The molecule has 0 radical (unpaired) electrons. The van der Waals surface area contributed by atoms with Crippen molar-refractivity contribution in [1.29, 1.82) is 0 Å². The smallest absolute Gasteiger partial charge is 0.177 e. The first-order valence-corrected chi connectivity index (χ1v) is 4.25. The van der Waals surface area contributed by atoms with E-state index in [1.807, 2.05) is 26.0 Å². The van der Waals surface area contributed by atoms with Gasteiger partial charge in [0.25, 0.3) is 0 Å². The van der Waals surface area contributed by atoms with Crippen molar-refractivity contribution < 1.29 is 0 Å². The molecule has 2 aromatic heterocycles. The standard InChI is InChI=1S/C9H12N4/c1-5-3-4-7-9(11-5)13-8(12-7)6(2)10/h3-4,6H,10H2,1-2H3,(H,11,12,13). The fraction of sp³-hybridized carbons (Fsp3) is 0.333. The van der Waals surface area contributed by atoms with Gasteiger partial charge in [0, 0.05) is 5.69 Å². The van der Waals surface area contributed by atoms with Crippen LogP contribution in [0.2, 0.25) is 0 Å². The molecule has 2 rings (SSSR count). The minimum atomic E-state index is -0.0745. The molecule has 4 nitrogen and oxygen atoms in total. The zero-order chi connectivity index (χ0) is 9.42. The van der Waals surface area contributed by atoms with E-state index in [0.29, 0.717) is 0 Å². The van der Waals surface area contributed by atoms with E-state index in [-0.39, 0.29) is 6.04 Å². The van der Waals surface area contributed by atoms with Gasteiger partial charge in [0.2, 0.25) is 0 Å². The Morgan fingerprint density at radius 3 is 2.85 bits per heavy atom. The molecule has 0 aromatic carbocycles. The van der Waals surface area contributed by atoms with Crippen molar-refractivity contribution in [1.82, 2.24) is 15.0 Å². The Morgan fingerprint density at radius 1 is 1.38 bits per heavy atom. The van der Waals surface area contributed by atoms with Crippen LogP contribution in [-0.4, -0.2) is 15.0 Å². The van der Waals surface area contributed by atoms with E-state index in [1.165, 1.54) is 0 Å². The van der Waals surface area contributed by atoms with E-state index < -0.39 is 0 Å². The molecule has 0 saturated heterocycles. The highest BCUT2D eigenvalue weighted by Gasteiger charge is 2.06. The number of hydrogen-bond donors (Lipinski definition) is 2. The van der Waals surface area contributed by atoms with Crippen LogP contribution in [0.5, 0.6) is 0 Å². The average Bonchev–Trinajstić information content (AvgIpc) is 2.46. The zero-order valence-corrected chi connectivity index (χ0v) is 7.70. The van der Waals surface area contributed by atoms with Crippen LogP contribution in [0.4, 0.5) is 0 Å². The predicted molar refractivity (Wildman–Crippen MR) is 51.2 cm³/mol. The number of imidazole rings is 1. The van der Waals surface area contributed by atoms with Crippen LogP contribution < -0.4 is 5.73 Å². The summed E-state index contributed by atoms with van der Waals surface area (Å²) in [6, 6.07) is 3.84. The van der Waals surface area contributed by atoms with E-state index in [0.717, 1.165) is 22.7 Å². The first kappa shape index (κ1) is 8.19. The maximum Gasteiger partial charge on any atom is 0.177 e. The molecule has 2 heterocycles. The Balaban J connectivity index is 2.62. The molecule has 0 saturated carbocycles. The SMILES string of the molecule is Cc1ccc2[nH]c(C(C)N)nc2n1. The Kier molecular flexibility index (Phi) is 1.77. The Labute approximate surface area is 76.2 Å². The molecule has 0 spiro atoms. The molecular formula is C9H12N4. The summed E-state index contributed by atoms with van der Waals surface area (Å²) in [7, 11) is 0. The molecule has 1 unspecified atom stereocenters. The largest absolute Gasteiger partial charge is 0.339 e. The predicted octanol–water partition coefficient (Wildman–Crippen LogP) is 1.29. The van der Waals surface area contributed by atoms with Crippen LogP contribution in [0.3, 0.4) is 0 Å². The lowest BCUT2D eigenvalue weighted by Gasteiger charge is -1.96. The van der Waals surface area contributed by atoms with Gasteiger partial charge >= 0.3 is 0 Å². The number of fused-ring (bicyclic) bond motifs is 1. The molecule has 0 aliphatic rings. The summed E-state index contributed by atoms with van der Waals surface area (Å²) in [5.74, 6) is 0.785. The molecule has 13 heavy (non-hydrogen) atoms. The number of aromatic nitrogens is 3. The molecule has 0 aliphatic carbocycles. The number of nitrogens with zero attached hydrogens (tertiary/aromatic N) is 2. The van der Waals surface area contributed by atoms with Gasteiger partial charge in [0.15, 0.2) is 5.65 Å². The first-order chi connectivity index (χ1) is 6.16. The highest BCUT2D eigenvalue weighted by atomic mass is 15.0. The van der Waals surface area contributed by atoms with Crippen molar-refractivity contribution in [2.75, 3.05) is 0 Å². The fourth-order valence-corrected chi connectivity index (χ4v) is 1.22. The van der Waals surface area contributed by atoms with Gasteiger partial charge in [-0.05, 0) is 26.0 Å². The lowest BCUT2D eigenvalue weighted by molar-refractivity contribution is 0.759. The maximum atomic E-state index is 5.69. The quantitative estimate of drug-likeness (QED) is 0.687. The van der Waals surface area contributed by atoms with Crippen LogP contribution in [0.15, 0.2) is 12.1 Å². The third kappa shape index (κ3) is 1.40. The Morgan fingerprint density at radius 2 is 2.15 bits per heavy atom. The second-order valence-electron chi connectivity index (χ2n) is 3.23. The summed E-state index contributed by atoms with van der Waals surface area (Å²) in [5, 5.41) is 0. The van der Waals surface area contributed by atoms with Gasteiger partial charge in [-0.1, -0.05) is 0 Å². The van der Waals surface area contributed by atoms with Gasteiger partial charge in [0.1, 0.15) is 5.82 Å². The number of nitrogens with two attached hydrogens (primary N) is 1. The number of H-pyrrole nitrogens is 1. The topological polar surface area (TPSA) is 67.6 Å². The average molecular weight is 176 g/mol. The number of pyridine rings is 1. The molecular weight excluding hydrogens is 164 g/mol. The molecule has 1 atom stereocenters. The first-order valence-electron chi connectivity index (χ1n) is 4.25. The number of aryl methyl sites for hydroxylation is 1. The second kappa shape index (κ2) is 2.81. The minimum absolute atomic E-state index is 0.0745. The minimum Gasteiger partial charge on any atom is -0.339 e. The lowest BCUT2D eigenvalue weighted by atomic mass is 10.3. The van der Waals surface area contributed by atoms with Gasteiger partial charge in [-0.3, -0.25) is 0 Å². The van der Waals surface area contributed by atoms with Crippen LogP contribution in [0.25, 0.3) is 11.2 Å². The molecule has 68 valence electrons. The normalized spacial score (nSPS) is 13.5. The van der Waals surface area contributed by atoms with Crippen LogP contribution in [0, 0.1) is 6.92 Å². The number of rotatable bonds is 1. The maximum absolute atomic E-state index is 5.69. The Bertz CT molecular complexity index is 430. The number of aromatic amines is 1. The van der Waals surface area contributed by atoms with Gasteiger partial charge in [-0.2, -0.15) is 0 Å². The lowest BCUT2D eigenvalue weighted by Crippen LogP contribution is -2.06. The second-order valence-corrected chi connectivity index (χ2v) is 3.23. The number of nitrogens with one attached hydrogen (secondary N) is 1. The highest BCUT2D eigenvalue weighted by molar-refractivity contribution is 5.70. The van der Waals surface area contributed by atoms with Gasteiger partial charge in [0.05, 0.1) is 11.6 Å². The van der Waals surface area contributed by atoms with Gasteiger partial charge < -0.3 is 10.7 Å². The molecule has 3 N–H and O–H groups in total. The third-order valence-electron chi connectivity index (χ3n) is 1.93. The summed E-state index contributed by atoms with van der Waals surface area (Å²) in [5.41, 5.74) is 8.35. The van der Waals surface area contributed by atoms with Crippen molar-refractivity contribution in [3.05, 3.63) is 23.7 Å². The van der Waals surface area contributed by atoms with E-state index in [1.54, 1.807) is 0 Å². The highest BCUT2D eigenvalue weighted by Crippen LogP contribution is 2.12. The molecule has 0 amide bonds. The van der Waals surface area contributed by atoms with Crippen LogP contribution in [-0.2, 0) is 0 Å². The molecule has 0 aliphatic heterocycles. The van der Waals surface area contributed by atoms with Crippen LogP contribution in [0.1, 0.15) is 24.5 Å². The van der Waals surface area contributed by atoms with Crippen molar-refractivity contribution >= 4 is 11.2 Å². The van der Waals surface area contributed by atoms with Gasteiger partial charge in [-0.25, -0.2) is 9.97 Å². The van der Waals surface area contributed by atoms with E-state index in [2.05, 4.69) is 15.0 Å². The zero-order valence-electron chi connectivity index (χ0n) is 7.70. The summed E-state index contributed by atoms with van der Waals surface area (Å²) in [6.45, 7) is 3.84. The third-order valence-corrected chi connectivity index (χ3v) is 1.93. The van der Waals surface area contributed by atoms with Gasteiger partial charge in [-0.15, -0.1) is 0 Å². The Hall–Kier alpha value is -1.42. The van der Waals surface area contributed by atoms with E-state index in [4.69, 9.17) is 5.73 Å². The van der Waals surface area contributed by atoms with Crippen molar-refractivity contribution in [3.8, 4) is 0 Å². The van der Waals surface area contributed by atoms with Crippen molar-refractivity contribution in [2.24, 2.45) is 5.73 Å². The van der Waals surface area contributed by atoms with Crippen LogP contribution >= 0.6 is 0 Å². The fourth-order valence-electron chi connectivity index (χ4n) is 1.22. The summed E-state index contributed by atoms with van der Waals surface area (Å²) < 4.78 is 0. The molecule has 2 aromatic rings. The number of hydrogen-bond acceptors (Lipinski definition) is 3. The van der Waals surface area contributed by atoms with Crippen molar-refractivity contribution in [2.45, 2.75) is 19.9 Å².